The fraction of sp³-hybridized carbons (Fsp3) is 0.211. The molecule has 0 saturated heterocycles. The second-order valence-electron chi connectivity index (χ2n) is 6.04. The van der Waals surface area contributed by atoms with E-state index in [-0.39, 0.29) is 19.3 Å². The van der Waals surface area contributed by atoms with E-state index in [4.69, 9.17) is 14.2 Å². The summed E-state index contributed by atoms with van der Waals surface area (Å²) in [4.78, 5) is 12.2. The Kier molecular flexibility index (Phi) is 4.64. The van der Waals surface area contributed by atoms with Crippen LogP contribution < -0.4 is 19.5 Å². The molecule has 138 valence electrons. The zero-order chi connectivity index (χ0) is 18.8. The molecule has 1 aliphatic heterocycles. The molecule has 0 spiro atoms. The van der Waals surface area contributed by atoms with Gasteiger partial charge in [0.2, 0.25) is 11.9 Å². The number of fused-ring (bicyclic) bond motifs is 1. The van der Waals surface area contributed by atoms with E-state index in [0.717, 1.165) is 22.4 Å². The molecular formula is C19H17N3O4S. The van der Waals surface area contributed by atoms with Crippen LogP contribution in [-0.4, -0.2) is 29.5 Å². The van der Waals surface area contributed by atoms with Crippen LogP contribution in [0.25, 0.3) is 10.6 Å². The zero-order valence-electron chi connectivity index (χ0n) is 14.8. The number of hydrogen-bond acceptors (Lipinski definition) is 7. The van der Waals surface area contributed by atoms with Crippen molar-refractivity contribution in [2.75, 3.05) is 18.7 Å². The number of aromatic nitrogens is 2. The molecule has 0 atom stereocenters. The smallest absolute Gasteiger partial charge is 0.264 e. The molecule has 2 heterocycles. The average molecular weight is 383 g/mol. The van der Waals surface area contributed by atoms with E-state index < -0.39 is 0 Å². The average Bonchev–Trinajstić information content (AvgIpc) is 3.29. The summed E-state index contributed by atoms with van der Waals surface area (Å²) in [6.07, 6.45) is 0. The summed E-state index contributed by atoms with van der Waals surface area (Å²) in [5.41, 5.74) is 2.83. The van der Waals surface area contributed by atoms with Crippen LogP contribution in [0.3, 0.4) is 0 Å². The van der Waals surface area contributed by atoms with Gasteiger partial charge in [-0.3, -0.25) is 10.1 Å². The number of carbonyl (C=O) groups excluding carboxylic acids is 1. The molecule has 0 bridgehead atoms. The summed E-state index contributed by atoms with van der Waals surface area (Å²) in [5, 5.41) is 12.0. The van der Waals surface area contributed by atoms with E-state index in [1.54, 1.807) is 0 Å². The van der Waals surface area contributed by atoms with Crippen molar-refractivity contribution in [3.05, 3.63) is 47.5 Å². The summed E-state index contributed by atoms with van der Waals surface area (Å²) >= 11 is 1.28. The highest BCUT2D eigenvalue weighted by Crippen LogP contribution is 2.37. The van der Waals surface area contributed by atoms with Crippen molar-refractivity contribution in [2.45, 2.75) is 13.8 Å². The van der Waals surface area contributed by atoms with Gasteiger partial charge in [0, 0.05) is 5.56 Å². The molecule has 3 aromatic rings. The van der Waals surface area contributed by atoms with Crippen LogP contribution in [0.5, 0.6) is 17.2 Å². The fourth-order valence-corrected chi connectivity index (χ4v) is 3.50. The van der Waals surface area contributed by atoms with Gasteiger partial charge in [-0.15, -0.1) is 10.2 Å². The maximum atomic E-state index is 12.2. The minimum atomic E-state index is -0.286. The number of ether oxygens (including phenoxy) is 3. The standard InChI is InChI=1S/C19H17N3O4S/c1-11-4-3-5-12(2)17(11)24-9-16(23)20-19-22-21-18(27-19)13-6-7-14-15(8-13)26-10-25-14/h3-8H,9-10H2,1-2H3,(H,20,22,23). The molecule has 27 heavy (non-hydrogen) atoms. The number of benzene rings is 2. The van der Waals surface area contributed by atoms with E-state index in [1.165, 1.54) is 11.3 Å². The van der Waals surface area contributed by atoms with Crippen molar-refractivity contribution in [3.8, 4) is 27.8 Å². The number of nitrogens with one attached hydrogen (secondary N) is 1. The lowest BCUT2D eigenvalue weighted by atomic mass is 10.1. The van der Waals surface area contributed by atoms with E-state index in [0.29, 0.717) is 21.6 Å². The summed E-state index contributed by atoms with van der Waals surface area (Å²) in [6.45, 7) is 4.02. The van der Waals surface area contributed by atoms with Gasteiger partial charge in [-0.05, 0) is 43.2 Å². The van der Waals surface area contributed by atoms with Crippen molar-refractivity contribution in [2.24, 2.45) is 0 Å². The minimum absolute atomic E-state index is 0.0926. The Morgan fingerprint density at radius 2 is 1.93 bits per heavy atom. The van der Waals surface area contributed by atoms with Gasteiger partial charge in [0.05, 0.1) is 0 Å². The lowest BCUT2D eigenvalue weighted by Crippen LogP contribution is -2.20. The second-order valence-corrected chi connectivity index (χ2v) is 7.02. The minimum Gasteiger partial charge on any atom is -0.483 e. The van der Waals surface area contributed by atoms with E-state index in [9.17, 15) is 4.79 Å². The van der Waals surface area contributed by atoms with E-state index >= 15 is 0 Å². The molecule has 0 radical (unpaired) electrons. The first-order valence-corrected chi connectivity index (χ1v) is 9.14. The number of anilines is 1. The molecule has 0 aliphatic carbocycles. The van der Waals surface area contributed by atoms with Crippen LogP contribution in [-0.2, 0) is 4.79 Å². The molecular weight excluding hydrogens is 366 g/mol. The van der Waals surface area contributed by atoms with Crippen molar-refractivity contribution >= 4 is 22.4 Å². The summed E-state index contributed by atoms with van der Waals surface area (Å²) in [5.74, 6) is 1.83. The largest absolute Gasteiger partial charge is 0.483 e. The number of nitrogens with zero attached hydrogens (tertiary/aromatic N) is 2. The molecule has 0 unspecified atom stereocenters. The molecule has 1 N–H and O–H groups in total. The van der Waals surface area contributed by atoms with Crippen LogP contribution in [0.2, 0.25) is 0 Å². The number of hydrogen-bond donors (Lipinski definition) is 1. The van der Waals surface area contributed by atoms with Gasteiger partial charge >= 0.3 is 0 Å². The Balaban J connectivity index is 1.40. The molecule has 1 aliphatic rings. The normalized spacial score (nSPS) is 12.1. The van der Waals surface area contributed by atoms with Crippen LogP contribution in [0, 0.1) is 13.8 Å². The Labute approximate surface area is 159 Å². The molecule has 0 fully saturated rings. The predicted molar refractivity (Wildman–Crippen MR) is 102 cm³/mol. The Morgan fingerprint density at radius 1 is 1.15 bits per heavy atom. The second kappa shape index (κ2) is 7.24. The van der Waals surface area contributed by atoms with Gasteiger partial charge in [0.1, 0.15) is 10.8 Å². The number of amides is 1. The molecule has 1 aromatic heterocycles. The third kappa shape index (κ3) is 3.70. The molecule has 1 amide bonds. The van der Waals surface area contributed by atoms with Gasteiger partial charge in [-0.2, -0.15) is 0 Å². The van der Waals surface area contributed by atoms with Crippen LogP contribution in [0.4, 0.5) is 5.13 Å². The number of para-hydroxylation sites is 1. The van der Waals surface area contributed by atoms with Crippen LogP contribution in [0.15, 0.2) is 36.4 Å². The quantitative estimate of drug-likeness (QED) is 0.725. The third-order valence-corrected chi connectivity index (χ3v) is 4.93. The first-order chi connectivity index (χ1) is 13.1. The summed E-state index contributed by atoms with van der Waals surface area (Å²) < 4.78 is 16.3. The van der Waals surface area contributed by atoms with Crippen molar-refractivity contribution in [3.63, 3.8) is 0 Å². The highest BCUT2D eigenvalue weighted by molar-refractivity contribution is 7.18. The van der Waals surface area contributed by atoms with Crippen molar-refractivity contribution in [1.82, 2.24) is 10.2 Å². The lowest BCUT2D eigenvalue weighted by molar-refractivity contribution is -0.118. The Hall–Kier alpha value is -3.13. The first-order valence-electron chi connectivity index (χ1n) is 8.32. The topological polar surface area (TPSA) is 82.6 Å². The number of carbonyl (C=O) groups is 1. The lowest BCUT2D eigenvalue weighted by Gasteiger charge is -2.11. The van der Waals surface area contributed by atoms with Crippen molar-refractivity contribution < 1.29 is 19.0 Å². The predicted octanol–water partition coefficient (Wildman–Crippen LogP) is 3.57. The molecule has 8 heteroatoms. The molecule has 0 saturated carbocycles. The number of aryl methyl sites for hydroxylation is 2. The van der Waals surface area contributed by atoms with Gasteiger partial charge in [-0.1, -0.05) is 29.5 Å². The fourth-order valence-electron chi connectivity index (χ4n) is 2.74. The van der Waals surface area contributed by atoms with Crippen LogP contribution >= 0.6 is 11.3 Å². The molecule has 4 rings (SSSR count). The highest BCUT2D eigenvalue weighted by Gasteiger charge is 2.16. The van der Waals surface area contributed by atoms with Crippen molar-refractivity contribution in [1.29, 1.82) is 0 Å². The van der Waals surface area contributed by atoms with Gasteiger partial charge < -0.3 is 14.2 Å². The van der Waals surface area contributed by atoms with Gasteiger partial charge in [0.15, 0.2) is 18.1 Å². The van der Waals surface area contributed by atoms with E-state index in [1.807, 2.05) is 50.2 Å². The molecule has 7 nitrogen and oxygen atoms in total. The Morgan fingerprint density at radius 3 is 2.74 bits per heavy atom. The van der Waals surface area contributed by atoms with Gasteiger partial charge in [0.25, 0.3) is 5.91 Å². The highest BCUT2D eigenvalue weighted by atomic mass is 32.1. The van der Waals surface area contributed by atoms with Gasteiger partial charge in [-0.25, -0.2) is 0 Å². The zero-order valence-corrected chi connectivity index (χ0v) is 15.6. The first kappa shape index (κ1) is 17.3. The third-order valence-electron chi connectivity index (χ3n) is 4.05. The summed E-state index contributed by atoms with van der Waals surface area (Å²) in [7, 11) is 0. The number of rotatable bonds is 5. The van der Waals surface area contributed by atoms with E-state index in [2.05, 4.69) is 15.5 Å². The maximum absolute atomic E-state index is 12.2. The monoisotopic (exact) mass is 383 g/mol. The maximum Gasteiger partial charge on any atom is 0.264 e. The van der Waals surface area contributed by atoms with Crippen LogP contribution in [0.1, 0.15) is 11.1 Å². The summed E-state index contributed by atoms with van der Waals surface area (Å²) in [6, 6.07) is 11.4. The Bertz CT molecular complexity index is 982. The SMILES string of the molecule is Cc1cccc(C)c1OCC(=O)Nc1nnc(-c2ccc3c(c2)OCO3)s1. The molecule has 2 aromatic carbocycles.